The highest BCUT2D eigenvalue weighted by Crippen LogP contribution is 2.52. The van der Waals surface area contributed by atoms with Gasteiger partial charge in [-0.1, -0.05) is 13.8 Å². The van der Waals surface area contributed by atoms with E-state index >= 15 is 0 Å². The molecule has 2 nitrogen and oxygen atoms in total. The van der Waals surface area contributed by atoms with E-state index in [1.54, 1.807) is 7.11 Å². The Morgan fingerprint density at radius 2 is 1.85 bits per heavy atom. The predicted molar refractivity (Wildman–Crippen MR) is 50.5 cm³/mol. The number of hydrogen-bond donors (Lipinski definition) is 0. The molecule has 0 saturated heterocycles. The third-order valence-electron chi connectivity index (χ3n) is 4.20. The van der Waals surface area contributed by atoms with E-state index in [0.717, 1.165) is 25.7 Å². The quantitative estimate of drug-likeness (QED) is 0.621. The minimum atomic E-state index is -0.418. The molecule has 0 radical (unpaired) electrons. The van der Waals surface area contributed by atoms with Crippen LogP contribution in [0, 0.1) is 11.3 Å². The maximum absolute atomic E-state index is 12.1. The number of carbonyl (C=O) groups excluding carboxylic acids is 1. The number of fused-ring (bicyclic) bond motifs is 3. The lowest BCUT2D eigenvalue weighted by molar-refractivity contribution is -0.174. The molecular formula is C11H18O2. The van der Waals surface area contributed by atoms with Crippen molar-refractivity contribution >= 4 is 5.78 Å². The average Bonchev–Trinajstić information content (AvgIpc) is 2.15. The summed E-state index contributed by atoms with van der Waals surface area (Å²) in [5.74, 6) is 0.932. The van der Waals surface area contributed by atoms with Gasteiger partial charge in [-0.15, -0.1) is 0 Å². The fourth-order valence-electron chi connectivity index (χ4n) is 3.10. The SMILES string of the molecule is COC12CCC(CC1)C(C)(C)C2=O. The second-order valence-electron chi connectivity index (χ2n) is 5.02. The number of hydrogen-bond acceptors (Lipinski definition) is 2. The normalized spacial score (nSPS) is 42.4. The lowest BCUT2D eigenvalue weighted by Gasteiger charge is -2.52. The molecule has 0 aromatic carbocycles. The smallest absolute Gasteiger partial charge is 0.170 e. The molecule has 0 heterocycles. The van der Waals surface area contributed by atoms with Gasteiger partial charge in [0, 0.05) is 12.5 Å². The van der Waals surface area contributed by atoms with Crippen molar-refractivity contribution in [2.75, 3.05) is 7.11 Å². The van der Waals surface area contributed by atoms with Crippen LogP contribution in [0.4, 0.5) is 0 Å². The maximum Gasteiger partial charge on any atom is 0.170 e. The Labute approximate surface area is 79.7 Å². The Morgan fingerprint density at radius 3 is 2.23 bits per heavy atom. The van der Waals surface area contributed by atoms with Gasteiger partial charge in [0.05, 0.1) is 0 Å². The third-order valence-corrected chi connectivity index (χ3v) is 4.20. The molecule has 2 bridgehead atoms. The van der Waals surface area contributed by atoms with E-state index in [-0.39, 0.29) is 5.41 Å². The number of Topliss-reactive ketones (excluding diaryl/α,β-unsaturated/α-hetero) is 1. The van der Waals surface area contributed by atoms with Gasteiger partial charge in [0.25, 0.3) is 0 Å². The zero-order valence-electron chi connectivity index (χ0n) is 8.72. The molecule has 0 aliphatic heterocycles. The van der Waals surface area contributed by atoms with Crippen molar-refractivity contribution in [3.8, 4) is 0 Å². The highest BCUT2D eigenvalue weighted by Gasteiger charge is 2.57. The van der Waals surface area contributed by atoms with Gasteiger partial charge in [-0.05, 0) is 31.6 Å². The molecule has 3 aliphatic carbocycles. The largest absolute Gasteiger partial charge is 0.370 e. The van der Waals surface area contributed by atoms with Crippen LogP contribution in [-0.4, -0.2) is 18.5 Å². The van der Waals surface area contributed by atoms with Crippen molar-refractivity contribution in [2.45, 2.75) is 45.1 Å². The standard InChI is InChI=1S/C11H18O2/c1-10(2)8-4-6-11(13-3,7-5-8)9(10)12/h8H,4-7H2,1-3H3. The molecule has 3 aliphatic rings. The van der Waals surface area contributed by atoms with Crippen molar-refractivity contribution in [3.63, 3.8) is 0 Å². The molecule has 0 spiro atoms. The molecule has 0 aromatic heterocycles. The molecule has 0 N–H and O–H groups in total. The van der Waals surface area contributed by atoms with Crippen LogP contribution in [0.3, 0.4) is 0 Å². The van der Waals surface area contributed by atoms with Crippen molar-refractivity contribution < 1.29 is 9.53 Å². The summed E-state index contributed by atoms with van der Waals surface area (Å²) in [7, 11) is 1.68. The Bertz CT molecular complexity index is 234. The number of methoxy groups -OCH3 is 1. The first-order valence-electron chi connectivity index (χ1n) is 5.13. The van der Waals surface area contributed by atoms with Gasteiger partial charge < -0.3 is 4.74 Å². The van der Waals surface area contributed by atoms with Gasteiger partial charge in [0.2, 0.25) is 0 Å². The minimum absolute atomic E-state index is 0.146. The monoisotopic (exact) mass is 182 g/mol. The first kappa shape index (κ1) is 9.20. The van der Waals surface area contributed by atoms with Crippen LogP contribution >= 0.6 is 0 Å². The van der Waals surface area contributed by atoms with E-state index in [9.17, 15) is 4.79 Å². The van der Waals surface area contributed by atoms with Crippen LogP contribution < -0.4 is 0 Å². The van der Waals surface area contributed by atoms with Gasteiger partial charge in [0.1, 0.15) is 5.60 Å². The molecule has 3 fully saturated rings. The van der Waals surface area contributed by atoms with E-state index in [1.165, 1.54) is 0 Å². The fraction of sp³-hybridized carbons (Fsp3) is 0.909. The highest BCUT2D eigenvalue weighted by molar-refractivity contribution is 5.94. The number of ketones is 1. The number of carbonyl (C=O) groups is 1. The van der Waals surface area contributed by atoms with E-state index in [4.69, 9.17) is 4.74 Å². The summed E-state index contributed by atoms with van der Waals surface area (Å²) in [5, 5.41) is 0. The first-order chi connectivity index (χ1) is 6.03. The van der Waals surface area contributed by atoms with Gasteiger partial charge in [-0.2, -0.15) is 0 Å². The molecule has 0 aromatic rings. The second kappa shape index (κ2) is 2.57. The lowest BCUT2D eigenvalue weighted by atomic mass is 9.54. The Morgan fingerprint density at radius 1 is 1.31 bits per heavy atom. The molecule has 74 valence electrons. The summed E-state index contributed by atoms with van der Waals surface area (Å²) in [6, 6.07) is 0. The average molecular weight is 182 g/mol. The van der Waals surface area contributed by atoms with Crippen LogP contribution in [0.1, 0.15) is 39.5 Å². The zero-order chi connectivity index (χ0) is 9.69. The summed E-state index contributed by atoms with van der Waals surface area (Å²) in [6.07, 6.45) is 4.20. The maximum atomic E-state index is 12.1. The lowest BCUT2D eigenvalue weighted by Crippen LogP contribution is -2.59. The van der Waals surface area contributed by atoms with Crippen LogP contribution in [0.25, 0.3) is 0 Å². The first-order valence-corrected chi connectivity index (χ1v) is 5.13. The van der Waals surface area contributed by atoms with E-state index < -0.39 is 5.60 Å². The van der Waals surface area contributed by atoms with E-state index in [0.29, 0.717) is 11.7 Å². The van der Waals surface area contributed by atoms with Crippen molar-refractivity contribution in [1.82, 2.24) is 0 Å². The summed E-state index contributed by atoms with van der Waals surface area (Å²) in [5.41, 5.74) is -0.565. The predicted octanol–water partition coefficient (Wildman–Crippen LogP) is 2.17. The van der Waals surface area contributed by atoms with Gasteiger partial charge in [-0.3, -0.25) is 4.79 Å². The number of rotatable bonds is 1. The summed E-state index contributed by atoms with van der Waals surface area (Å²) in [6.45, 7) is 4.15. The Hall–Kier alpha value is -0.370. The molecule has 3 saturated carbocycles. The second-order valence-corrected chi connectivity index (χ2v) is 5.02. The van der Waals surface area contributed by atoms with E-state index in [1.807, 2.05) is 0 Å². The molecular weight excluding hydrogens is 164 g/mol. The third kappa shape index (κ3) is 1.01. The molecule has 2 heteroatoms. The molecule has 13 heavy (non-hydrogen) atoms. The molecule has 0 amide bonds. The van der Waals surface area contributed by atoms with Crippen molar-refractivity contribution in [2.24, 2.45) is 11.3 Å². The Balaban J connectivity index is 2.37. The topological polar surface area (TPSA) is 26.3 Å². The van der Waals surface area contributed by atoms with Crippen LogP contribution in [0.5, 0.6) is 0 Å². The van der Waals surface area contributed by atoms with Gasteiger partial charge in [0.15, 0.2) is 5.78 Å². The number of ether oxygens (including phenoxy) is 1. The fourth-order valence-corrected chi connectivity index (χ4v) is 3.10. The zero-order valence-corrected chi connectivity index (χ0v) is 8.72. The minimum Gasteiger partial charge on any atom is -0.370 e. The van der Waals surface area contributed by atoms with Crippen LogP contribution in [0.2, 0.25) is 0 Å². The highest BCUT2D eigenvalue weighted by atomic mass is 16.5. The summed E-state index contributed by atoms with van der Waals surface area (Å²) in [4.78, 5) is 12.1. The van der Waals surface area contributed by atoms with Crippen molar-refractivity contribution in [1.29, 1.82) is 0 Å². The van der Waals surface area contributed by atoms with Crippen molar-refractivity contribution in [3.05, 3.63) is 0 Å². The Kier molecular flexibility index (Phi) is 1.82. The van der Waals surface area contributed by atoms with Crippen LogP contribution in [-0.2, 0) is 9.53 Å². The molecule has 3 rings (SSSR count). The van der Waals surface area contributed by atoms with Crippen LogP contribution in [0.15, 0.2) is 0 Å². The summed E-state index contributed by atoms with van der Waals surface area (Å²) < 4.78 is 5.46. The summed E-state index contributed by atoms with van der Waals surface area (Å²) >= 11 is 0. The van der Waals surface area contributed by atoms with E-state index in [2.05, 4.69) is 13.8 Å². The molecule has 0 atom stereocenters. The van der Waals surface area contributed by atoms with Gasteiger partial charge in [-0.25, -0.2) is 0 Å². The van der Waals surface area contributed by atoms with Gasteiger partial charge >= 0.3 is 0 Å². The molecule has 0 unspecified atom stereocenters.